The van der Waals surface area contributed by atoms with Crippen LogP contribution in [0.1, 0.15) is 38.3 Å². The van der Waals surface area contributed by atoms with Crippen LogP contribution in [-0.2, 0) is 9.47 Å². The van der Waals surface area contributed by atoms with E-state index in [9.17, 15) is 0 Å². The highest BCUT2D eigenvalue weighted by molar-refractivity contribution is 5.29. The summed E-state index contributed by atoms with van der Waals surface area (Å²) in [7, 11) is 1.69. The molecule has 0 heterocycles. The summed E-state index contributed by atoms with van der Waals surface area (Å²) in [5.41, 5.74) is 1.27. The van der Waals surface area contributed by atoms with Crippen molar-refractivity contribution in [3.63, 3.8) is 0 Å². The van der Waals surface area contributed by atoms with Crippen molar-refractivity contribution in [2.45, 2.75) is 32.7 Å². The van der Waals surface area contributed by atoms with Crippen LogP contribution in [0.5, 0.6) is 5.75 Å². The highest BCUT2D eigenvalue weighted by atomic mass is 16.5. The maximum Gasteiger partial charge on any atom is 0.119 e. The third-order valence-corrected chi connectivity index (χ3v) is 3.19. The molecule has 0 aliphatic rings. The lowest BCUT2D eigenvalue weighted by Gasteiger charge is -2.19. The zero-order chi connectivity index (χ0) is 15.3. The van der Waals surface area contributed by atoms with Gasteiger partial charge in [-0.3, -0.25) is 0 Å². The molecule has 1 unspecified atom stereocenters. The molecular weight excluding hydrogens is 266 g/mol. The predicted octanol–water partition coefficient (Wildman–Crippen LogP) is 3.18. The van der Waals surface area contributed by atoms with E-state index in [-0.39, 0.29) is 0 Å². The first kappa shape index (κ1) is 18.0. The van der Waals surface area contributed by atoms with Crippen LogP contribution in [0.4, 0.5) is 0 Å². The molecule has 1 aromatic rings. The van der Waals surface area contributed by atoms with Gasteiger partial charge >= 0.3 is 0 Å². The van der Waals surface area contributed by atoms with Gasteiger partial charge < -0.3 is 19.5 Å². The molecule has 1 rings (SSSR count). The number of methoxy groups -OCH3 is 1. The van der Waals surface area contributed by atoms with Gasteiger partial charge in [-0.1, -0.05) is 26.0 Å². The third kappa shape index (κ3) is 7.46. The maximum atomic E-state index is 5.62. The fourth-order valence-electron chi connectivity index (χ4n) is 2.09. The van der Waals surface area contributed by atoms with Crippen LogP contribution in [0.25, 0.3) is 0 Å². The van der Waals surface area contributed by atoms with E-state index in [0.717, 1.165) is 38.3 Å². The molecule has 1 atom stereocenters. The SMILES string of the molecule is CCCOc1ccc(C(CCOCCOC)NCC)cc1. The van der Waals surface area contributed by atoms with Crippen LogP contribution in [0, 0.1) is 0 Å². The Morgan fingerprint density at radius 1 is 1.00 bits per heavy atom. The molecule has 0 saturated carbocycles. The Labute approximate surface area is 128 Å². The van der Waals surface area contributed by atoms with Crippen molar-refractivity contribution in [2.24, 2.45) is 0 Å². The van der Waals surface area contributed by atoms with Crippen LogP contribution in [0.3, 0.4) is 0 Å². The smallest absolute Gasteiger partial charge is 0.119 e. The first-order valence-corrected chi connectivity index (χ1v) is 7.84. The zero-order valence-electron chi connectivity index (χ0n) is 13.6. The normalized spacial score (nSPS) is 12.3. The van der Waals surface area contributed by atoms with E-state index in [1.54, 1.807) is 7.11 Å². The second-order valence-corrected chi connectivity index (χ2v) is 4.92. The fraction of sp³-hybridized carbons (Fsp3) is 0.647. The van der Waals surface area contributed by atoms with E-state index in [1.807, 2.05) is 12.1 Å². The molecule has 1 aromatic carbocycles. The number of rotatable bonds is 12. The van der Waals surface area contributed by atoms with Crippen LogP contribution < -0.4 is 10.1 Å². The largest absolute Gasteiger partial charge is 0.494 e. The lowest BCUT2D eigenvalue weighted by Crippen LogP contribution is -2.22. The van der Waals surface area contributed by atoms with Gasteiger partial charge in [0, 0.05) is 19.8 Å². The highest BCUT2D eigenvalue weighted by Crippen LogP contribution is 2.20. The monoisotopic (exact) mass is 295 g/mol. The van der Waals surface area contributed by atoms with E-state index in [0.29, 0.717) is 19.3 Å². The molecule has 0 spiro atoms. The van der Waals surface area contributed by atoms with Gasteiger partial charge in [0.25, 0.3) is 0 Å². The number of nitrogens with one attached hydrogen (secondary N) is 1. The predicted molar refractivity (Wildman–Crippen MR) is 86.0 cm³/mol. The van der Waals surface area contributed by atoms with Gasteiger partial charge in [-0.15, -0.1) is 0 Å². The van der Waals surface area contributed by atoms with Gasteiger partial charge in [0.15, 0.2) is 0 Å². The Bertz CT molecular complexity index is 354. The standard InChI is InChI=1S/C17H29NO3/c1-4-11-21-16-8-6-15(7-9-16)17(18-5-2)10-12-20-14-13-19-3/h6-9,17-18H,4-5,10-14H2,1-3H3. The van der Waals surface area contributed by atoms with Gasteiger partial charge in [0.2, 0.25) is 0 Å². The third-order valence-electron chi connectivity index (χ3n) is 3.19. The molecule has 21 heavy (non-hydrogen) atoms. The Hall–Kier alpha value is -1.10. The van der Waals surface area contributed by atoms with Crippen molar-refractivity contribution >= 4 is 0 Å². The first-order valence-electron chi connectivity index (χ1n) is 7.84. The summed E-state index contributed by atoms with van der Waals surface area (Å²) in [5.74, 6) is 0.937. The molecular formula is C17H29NO3. The van der Waals surface area contributed by atoms with Gasteiger partial charge in [-0.25, -0.2) is 0 Å². The summed E-state index contributed by atoms with van der Waals surface area (Å²) in [6, 6.07) is 8.67. The van der Waals surface area contributed by atoms with Crippen LogP contribution in [0.15, 0.2) is 24.3 Å². The van der Waals surface area contributed by atoms with E-state index in [1.165, 1.54) is 5.56 Å². The zero-order valence-corrected chi connectivity index (χ0v) is 13.6. The fourth-order valence-corrected chi connectivity index (χ4v) is 2.09. The van der Waals surface area contributed by atoms with E-state index >= 15 is 0 Å². The average Bonchev–Trinajstić information content (AvgIpc) is 2.52. The molecule has 4 nitrogen and oxygen atoms in total. The van der Waals surface area contributed by atoms with Crippen LogP contribution in [0.2, 0.25) is 0 Å². The summed E-state index contributed by atoms with van der Waals surface area (Å²) >= 11 is 0. The van der Waals surface area contributed by atoms with Crippen LogP contribution in [-0.4, -0.2) is 40.1 Å². The minimum atomic E-state index is 0.317. The summed E-state index contributed by atoms with van der Waals surface area (Å²) in [4.78, 5) is 0. The molecule has 120 valence electrons. The molecule has 0 aliphatic carbocycles. The Morgan fingerprint density at radius 3 is 2.38 bits per heavy atom. The summed E-state index contributed by atoms with van der Waals surface area (Å²) in [6.07, 6.45) is 1.98. The summed E-state index contributed by atoms with van der Waals surface area (Å²) in [6.45, 7) is 7.97. The number of ether oxygens (including phenoxy) is 3. The Kier molecular flexibility index (Phi) is 9.87. The molecule has 0 radical (unpaired) electrons. The van der Waals surface area contributed by atoms with Crippen molar-refractivity contribution in [1.82, 2.24) is 5.32 Å². The van der Waals surface area contributed by atoms with Crippen molar-refractivity contribution in [1.29, 1.82) is 0 Å². The van der Waals surface area contributed by atoms with Crippen molar-refractivity contribution in [3.05, 3.63) is 29.8 Å². The minimum absolute atomic E-state index is 0.317. The van der Waals surface area contributed by atoms with Gasteiger partial charge in [-0.05, 0) is 37.1 Å². The van der Waals surface area contributed by atoms with E-state index < -0.39 is 0 Å². The average molecular weight is 295 g/mol. The quantitative estimate of drug-likeness (QED) is 0.601. The molecule has 1 N–H and O–H groups in total. The molecule has 4 heteroatoms. The molecule has 0 aromatic heterocycles. The van der Waals surface area contributed by atoms with Gasteiger partial charge in [0.05, 0.1) is 19.8 Å². The lowest BCUT2D eigenvalue weighted by molar-refractivity contribution is 0.0658. The summed E-state index contributed by atoms with van der Waals surface area (Å²) in [5, 5.41) is 3.50. The second-order valence-electron chi connectivity index (χ2n) is 4.92. The van der Waals surface area contributed by atoms with Crippen molar-refractivity contribution in [3.8, 4) is 5.75 Å². The van der Waals surface area contributed by atoms with E-state index in [2.05, 4.69) is 31.3 Å². The Morgan fingerprint density at radius 2 is 1.76 bits per heavy atom. The molecule has 0 aliphatic heterocycles. The number of hydrogen-bond donors (Lipinski definition) is 1. The van der Waals surface area contributed by atoms with Crippen molar-refractivity contribution < 1.29 is 14.2 Å². The second kappa shape index (κ2) is 11.5. The lowest BCUT2D eigenvalue weighted by atomic mass is 10.0. The maximum absolute atomic E-state index is 5.62. The van der Waals surface area contributed by atoms with Gasteiger partial charge in [-0.2, -0.15) is 0 Å². The topological polar surface area (TPSA) is 39.7 Å². The summed E-state index contributed by atoms with van der Waals surface area (Å²) < 4.78 is 16.1. The Balaban J connectivity index is 2.46. The minimum Gasteiger partial charge on any atom is -0.494 e. The number of benzene rings is 1. The van der Waals surface area contributed by atoms with Gasteiger partial charge in [0.1, 0.15) is 5.75 Å². The first-order chi connectivity index (χ1) is 10.3. The molecule has 0 bridgehead atoms. The molecule has 0 fully saturated rings. The molecule has 0 saturated heterocycles. The van der Waals surface area contributed by atoms with Crippen molar-refractivity contribution in [2.75, 3.05) is 40.1 Å². The molecule has 0 amide bonds. The van der Waals surface area contributed by atoms with E-state index in [4.69, 9.17) is 14.2 Å². The number of hydrogen-bond acceptors (Lipinski definition) is 4. The van der Waals surface area contributed by atoms with Crippen LogP contribution >= 0.6 is 0 Å². The highest BCUT2D eigenvalue weighted by Gasteiger charge is 2.10.